The summed E-state index contributed by atoms with van der Waals surface area (Å²) < 4.78 is 4.48. The standard InChI is InChI=1S/C58H42N4/c1-58(2)53-21-13-12-20-49(53)50-34-32-48(37-54(50)58)60(45-28-22-40(23-29-45)39-14-6-3-7-15-39)46-30-24-41(25-31-46)42-27-35-55-52(36-42)51-33-26-43-38-59-62(47-18-10-5-11-19-47)56(43)57(51)61(55)44-16-8-4-9-17-44/h3-38H,1-2H3. The van der Waals surface area contributed by atoms with Crippen LogP contribution in [0.15, 0.2) is 219 Å². The average Bonchev–Trinajstić information content (AvgIpc) is 3.98. The van der Waals surface area contributed by atoms with Crippen LogP contribution in [0, 0.1) is 0 Å². The average molecular weight is 795 g/mol. The van der Waals surface area contributed by atoms with E-state index in [-0.39, 0.29) is 5.41 Å². The van der Waals surface area contributed by atoms with Crippen molar-refractivity contribution in [3.63, 3.8) is 0 Å². The summed E-state index contributed by atoms with van der Waals surface area (Å²) >= 11 is 0. The highest BCUT2D eigenvalue weighted by molar-refractivity contribution is 6.18. The fraction of sp³-hybridized carbons (Fsp3) is 0.0517. The molecule has 11 aromatic rings. The second kappa shape index (κ2) is 14.1. The second-order valence-electron chi connectivity index (χ2n) is 16.9. The van der Waals surface area contributed by atoms with Crippen LogP contribution in [0.1, 0.15) is 25.0 Å². The number of fused-ring (bicyclic) bond motifs is 8. The molecule has 0 saturated heterocycles. The van der Waals surface area contributed by atoms with Crippen LogP contribution in [0.5, 0.6) is 0 Å². The van der Waals surface area contributed by atoms with Crippen LogP contribution in [0.2, 0.25) is 0 Å². The predicted octanol–water partition coefficient (Wildman–Crippen LogP) is 15.2. The minimum Gasteiger partial charge on any atom is -0.310 e. The molecule has 4 nitrogen and oxygen atoms in total. The van der Waals surface area contributed by atoms with Gasteiger partial charge in [-0.3, -0.25) is 0 Å². The minimum absolute atomic E-state index is 0.107. The van der Waals surface area contributed by atoms with Crippen molar-refractivity contribution in [2.75, 3.05) is 4.90 Å². The summed E-state index contributed by atoms with van der Waals surface area (Å²) in [6, 6.07) is 77.0. The van der Waals surface area contributed by atoms with Gasteiger partial charge in [0.05, 0.1) is 28.4 Å². The summed E-state index contributed by atoms with van der Waals surface area (Å²) in [6.45, 7) is 4.70. The molecule has 0 atom stereocenters. The van der Waals surface area contributed by atoms with E-state index in [2.05, 4.69) is 234 Å². The molecule has 9 aromatic carbocycles. The molecule has 0 amide bonds. The molecule has 4 heteroatoms. The third-order valence-corrected chi connectivity index (χ3v) is 13.0. The quantitative estimate of drug-likeness (QED) is 0.161. The van der Waals surface area contributed by atoms with E-state index in [9.17, 15) is 0 Å². The van der Waals surface area contributed by atoms with Gasteiger partial charge in [0.2, 0.25) is 0 Å². The Morgan fingerprint density at radius 2 is 0.984 bits per heavy atom. The number of para-hydroxylation sites is 2. The van der Waals surface area contributed by atoms with Gasteiger partial charge in [0.1, 0.15) is 0 Å². The van der Waals surface area contributed by atoms with Crippen LogP contribution < -0.4 is 4.90 Å². The highest BCUT2D eigenvalue weighted by Crippen LogP contribution is 2.51. The van der Waals surface area contributed by atoms with E-state index in [1.54, 1.807) is 0 Å². The highest BCUT2D eigenvalue weighted by Gasteiger charge is 2.35. The van der Waals surface area contributed by atoms with E-state index < -0.39 is 0 Å². The molecule has 1 aliphatic rings. The summed E-state index contributed by atoms with van der Waals surface area (Å²) in [6.07, 6.45) is 1.98. The van der Waals surface area contributed by atoms with Gasteiger partial charge < -0.3 is 9.47 Å². The van der Waals surface area contributed by atoms with Crippen molar-refractivity contribution < 1.29 is 0 Å². The number of aromatic nitrogens is 3. The third-order valence-electron chi connectivity index (χ3n) is 13.0. The van der Waals surface area contributed by atoms with Crippen molar-refractivity contribution in [2.24, 2.45) is 0 Å². The summed E-state index contributed by atoms with van der Waals surface area (Å²) in [7, 11) is 0. The molecule has 0 bridgehead atoms. The number of benzene rings is 9. The third kappa shape index (κ3) is 5.64. The molecule has 2 aromatic heterocycles. The molecule has 0 saturated carbocycles. The molecule has 0 radical (unpaired) electrons. The summed E-state index contributed by atoms with van der Waals surface area (Å²) in [5.41, 5.74) is 18.9. The number of nitrogens with zero attached hydrogens (tertiary/aromatic N) is 4. The normalized spacial score (nSPS) is 12.8. The van der Waals surface area contributed by atoms with Crippen LogP contribution >= 0.6 is 0 Å². The van der Waals surface area contributed by atoms with E-state index in [0.29, 0.717) is 0 Å². The molecule has 0 fully saturated rings. The maximum absolute atomic E-state index is 4.90. The molecule has 0 unspecified atom stereocenters. The van der Waals surface area contributed by atoms with Crippen LogP contribution in [-0.4, -0.2) is 14.3 Å². The Bertz CT molecular complexity index is 3450. The number of rotatable bonds is 7. The number of hydrogen-bond donors (Lipinski definition) is 0. The van der Waals surface area contributed by atoms with Gasteiger partial charge in [-0.2, -0.15) is 5.10 Å². The van der Waals surface area contributed by atoms with Crippen molar-refractivity contribution in [3.05, 3.63) is 230 Å². The van der Waals surface area contributed by atoms with Gasteiger partial charge in [-0.25, -0.2) is 4.68 Å². The summed E-state index contributed by atoms with van der Waals surface area (Å²) in [5, 5.41) is 8.40. The fourth-order valence-corrected chi connectivity index (χ4v) is 9.92. The van der Waals surface area contributed by atoms with E-state index in [0.717, 1.165) is 55.9 Å². The molecular weight excluding hydrogens is 753 g/mol. The summed E-state index contributed by atoms with van der Waals surface area (Å²) in [4.78, 5) is 2.40. The number of hydrogen-bond acceptors (Lipinski definition) is 2. The van der Waals surface area contributed by atoms with Crippen LogP contribution in [-0.2, 0) is 5.41 Å². The first-order chi connectivity index (χ1) is 30.5. The van der Waals surface area contributed by atoms with Gasteiger partial charge in [0.15, 0.2) is 0 Å². The lowest BCUT2D eigenvalue weighted by atomic mass is 9.82. The van der Waals surface area contributed by atoms with Crippen molar-refractivity contribution in [2.45, 2.75) is 19.3 Å². The van der Waals surface area contributed by atoms with Gasteiger partial charge in [-0.05, 0) is 117 Å². The molecule has 0 N–H and O–H groups in total. The Balaban J connectivity index is 0.984. The zero-order valence-electron chi connectivity index (χ0n) is 34.6. The maximum Gasteiger partial charge on any atom is 0.0987 e. The van der Waals surface area contributed by atoms with Crippen LogP contribution in [0.3, 0.4) is 0 Å². The predicted molar refractivity (Wildman–Crippen MR) is 259 cm³/mol. The molecule has 0 aliphatic heterocycles. The van der Waals surface area contributed by atoms with Gasteiger partial charge in [-0.1, -0.05) is 153 Å². The topological polar surface area (TPSA) is 26.0 Å². The van der Waals surface area contributed by atoms with Gasteiger partial charge >= 0.3 is 0 Å². The number of anilines is 3. The lowest BCUT2D eigenvalue weighted by Gasteiger charge is -2.28. The van der Waals surface area contributed by atoms with Crippen molar-refractivity contribution in [1.82, 2.24) is 14.3 Å². The smallest absolute Gasteiger partial charge is 0.0987 e. The van der Waals surface area contributed by atoms with Crippen molar-refractivity contribution in [3.8, 4) is 44.8 Å². The minimum atomic E-state index is -0.107. The van der Waals surface area contributed by atoms with Crippen LogP contribution in [0.4, 0.5) is 17.1 Å². The highest BCUT2D eigenvalue weighted by atomic mass is 15.3. The molecular formula is C58H42N4. The van der Waals surface area contributed by atoms with E-state index >= 15 is 0 Å². The summed E-state index contributed by atoms with van der Waals surface area (Å²) in [5.74, 6) is 0. The Kier molecular flexibility index (Phi) is 8.16. The fourth-order valence-electron chi connectivity index (χ4n) is 9.92. The van der Waals surface area contributed by atoms with E-state index in [1.807, 2.05) is 12.3 Å². The van der Waals surface area contributed by atoms with Crippen molar-refractivity contribution >= 4 is 49.8 Å². The molecule has 62 heavy (non-hydrogen) atoms. The Morgan fingerprint density at radius 1 is 0.419 bits per heavy atom. The first kappa shape index (κ1) is 35.9. The maximum atomic E-state index is 4.90. The SMILES string of the molecule is CC1(C)c2ccccc2-c2ccc(N(c3ccc(-c4ccccc4)cc3)c3ccc(-c4ccc5c(c4)c4ccc6cnn(-c7ccccc7)c6c4n5-c4ccccc4)cc3)cc21. The molecule has 0 spiro atoms. The van der Waals surface area contributed by atoms with Gasteiger partial charge in [-0.15, -0.1) is 0 Å². The first-order valence-corrected chi connectivity index (χ1v) is 21.4. The zero-order valence-corrected chi connectivity index (χ0v) is 34.6. The lowest BCUT2D eigenvalue weighted by Crippen LogP contribution is -2.16. The molecule has 294 valence electrons. The second-order valence-corrected chi connectivity index (χ2v) is 16.9. The Labute approximate surface area is 361 Å². The molecule has 12 rings (SSSR count). The monoisotopic (exact) mass is 794 g/mol. The van der Waals surface area contributed by atoms with E-state index in [4.69, 9.17) is 5.10 Å². The lowest BCUT2D eigenvalue weighted by molar-refractivity contribution is 0.660. The first-order valence-electron chi connectivity index (χ1n) is 21.4. The Hall–Kier alpha value is -7.95. The van der Waals surface area contributed by atoms with Crippen LogP contribution in [0.25, 0.3) is 77.5 Å². The zero-order chi connectivity index (χ0) is 41.4. The molecule has 1 aliphatic carbocycles. The van der Waals surface area contributed by atoms with Crippen molar-refractivity contribution in [1.29, 1.82) is 0 Å². The largest absolute Gasteiger partial charge is 0.310 e. The Morgan fingerprint density at radius 3 is 1.69 bits per heavy atom. The van der Waals surface area contributed by atoms with E-state index in [1.165, 1.54) is 49.7 Å². The van der Waals surface area contributed by atoms with Gasteiger partial charge in [0.25, 0.3) is 0 Å². The molecule has 2 heterocycles. The van der Waals surface area contributed by atoms with Gasteiger partial charge in [0, 0.05) is 44.3 Å².